The van der Waals surface area contributed by atoms with Gasteiger partial charge in [0.2, 0.25) is 0 Å². The van der Waals surface area contributed by atoms with E-state index in [0.29, 0.717) is 5.82 Å². The van der Waals surface area contributed by atoms with Crippen LogP contribution in [0.2, 0.25) is 0 Å². The van der Waals surface area contributed by atoms with E-state index in [-0.39, 0.29) is 6.04 Å². The molecule has 1 rings (SSSR count). The number of aromatic nitrogens is 1. The molecule has 0 radical (unpaired) electrons. The zero-order valence-electron chi connectivity index (χ0n) is 7.36. The van der Waals surface area contributed by atoms with Gasteiger partial charge in [-0.2, -0.15) is 0 Å². The second-order valence-electron chi connectivity index (χ2n) is 2.91. The highest BCUT2D eigenvalue weighted by molar-refractivity contribution is 5.62. The number of hydrogen-bond acceptors (Lipinski definition) is 4. The van der Waals surface area contributed by atoms with E-state index in [9.17, 15) is 0 Å². The van der Waals surface area contributed by atoms with Crippen LogP contribution in [0, 0.1) is 0 Å². The van der Waals surface area contributed by atoms with E-state index < -0.39 is 0 Å². The average Bonchev–Trinajstić information content (AvgIpc) is 2.04. The second kappa shape index (κ2) is 3.40. The summed E-state index contributed by atoms with van der Waals surface area (Å²) in [4.78, 5) is 3.94. The van der Waals surface area contributed by atoms with Gasteiger partial charge in [0, 0.05) is 12.2 Å². The Balaban J connectivity index is 2.94. The maximum Gasteiger partial charge on any atom is 0.148 e. The maximum absolute atomic E-state index is 5.75. The summed E-state index contributed by atoms with van der Waals surface area (Å²) in [7, 11) is 0. The number of hydrazine groups is 1. The molecule has 0 aliphatic rings. The molecule has 0 aromatic carbocycles. The largest absolute Gasteiger partial charge is 0.382 e. The van der Waals surface area contributed by atoms with Crippen LogP contribution in [-0.2, 0) is 0 Å². The quantitative estimate of drug-likeness (QED) is 0.502. The van der Waals surface area contributed by atoms with Gasteiger partial charge in [-0.05, 0) is 26.0 Å². The van der Waals surface area contributed by atoms with Crippen LogP contribution in [0.15, 0.2) is 18.3 Å². The summed E-state index contributed by atoms with van der Waals surface area (Å²) in [5, 5.41) is 1.60. The van der Waals surface area contributed by atoms with E-state index >= 15 is 0 Å². The number of anilines is 2. The van der Waals surface area contributed by atoms with Gasteiger partial charge < -0.3 is 10.7 Å². The molecule has 0 atom stereocenters. The minimum Gasteiger partial charge on any atom is -0.382 e. The van der Waals surface area contributed by atoms with E-state index in [1.54, 1.807) is 11.2 Å². The fourth-order valence-corrected chi connectivity index (χ4v) is 0.906. The molecule has 0 bridgehead atoms. The highest BCUT2D eigenvalue weighted by atomic mass is 15.4. The number of nitrogens with zero attached hydrogens (tertiary/aromatic N) is 2. The van der Waals surface area contributed by atoms with Crippen molar-refractivity contribution < 1.29 is 0 Å². The molecule has 4 N–H and O–H groups in total. The third-order valence-electron chi connectivity index (χ3n) is 1.65. The van der Waals surface area contributed by atoms with Gasteiger partial charge in [-0.25, -0.2) is 10.8 Å². The van der Waals surface area contributed by atoms with Gasteiger partial charge in [-0.3, -0.25) is 0 Å². The first-order valence-electron chi connectivity index (χ1n) is 3.87. The molecule has 0 fully saturated rings. The Labute approximate surface area is 72.2 Å². The van der Waals surface area contributed by atoms with Crippen LogP contribution in [0.4, 0.5) is 11.5 Å². The number of nitrogen functional groups attached to an aromatic ring is 1. The minimum absolute atomic E-state index is 0.219. The third kappa shape index (κ3) is 1.65. The number of nitrogens with two attached hydrogens (primary N) is 2. The first-order valence-corrected chi connectivity index (χ1v) is 3.87. The lowest BCUT2D eigenvalue weighted by molar-refractivity contribution is 0.711. The Hall–Kier alpha value is -1.29. The summed E-state index contributed by atoms with van der Waals surface area (Å²) in [6.45, 7) is 3.98. The number of rotatable bonds is 2. The summed E-state index contributed by atoms with van der Waals surface area (Å²) in [5.74, 6) is 6.22. The van der Waals surface area contributed by atoms with Crippen LogP contribution >= 0.6 is 0 Å². The topological polar surface area (TPSA) is 68.2 Å². The molecule has 12 heavy (non-hydrogen) atoms. The van der Waals surface area contributed by atoms with E-state index in [2.05, 4.69) is 4.98 Å². The predicted molar refractivity (Wildman–Crippen MR) is 50.5 cm³/mol. The summed E-state index contributed by atoms with van der Waals surface area (Å²) < 4.78 is 0. The van der Waals surface area contributed by atoms with Crippen molar-refractivity contribution in [3.63, 3.8) is 0 Å². The molecule has 1 heterocycles. The van der Waals surface area contributed by atoms with E-state index in [4.69, 9.17) is 11.6 Å². The fourth-order valence-electron chi connectivity index (χ4n) is 0.906. The molecule has 1 aromatic rings. The van der Waals surface area contributed by atoms with E-state index in [1.165, 1.54) is 0 Å². The molecule has 0 amide bonds. The van der Waals surface area contributed by atoms with Crippen molar-refractivity contribution in [2.45, 2.75) is 19.9 Å². The Bertz CT molecular complexity index is 259. The lowest BCUT2D eigenvalue weighted by Gasteiger charge is -2.23. The Morgan fingerprint density at radius 1 is 1.50 bits per heavy atom. The van der Waals surface area contributed by atoms with Crippen molar-refractivity contribution in [2.24, 2.45) is 5.84 Å². The predicted octanol–water partition coefficient (Wildman–Crippen LogP) is 0.752. The molecule has 0 aliphatic heterocycles. The van der Waals surface area contributed by atoms with Gasteiger partial charge in [0.15, 0.2) is 0 Å². The SMILES string of the molecule is CC(C)N(N)c1cccnc1N. The maximum atomic E-state index is 5.75. The molecule has 0 spiro atoms. The van der Waals surface area contributed by atoms with Crippen molar-refractivity contribution in [2.75, 3.05) is 10.7 Å². The summed E-state index contributed by atoms with van der Waals surface area (Å²) in [5.41, 5.74) is 6.40. The van der Waals surface area contributed by atoms with Crippen LogP contribution in [0.25, 0.3) is 0 Å². The molecule has 4 heteroatoms. The van der Waals surface area contributed by atoms with E-state index in [0.717, 1.165) is 5.69 Å². The lowest BCUT2D eigenvalue weighted by atomic mass is 10.3. The average molecular weight is 166 g/mol. The molecule has 66 valence electrons. The van der Waals surface area contributed by atoms with Gasteiger partial charge in [-0.1, -0.05) is 0 Å². The minimum atomic E-state index is 0.219. The van der Waals surface area contributed by atoms with Gasteiger partial charge >= 0.3 is 0 Å². The molecular weight excluding hydrogens is 152 g/mol. The van der Waals surface area contributed by atoms with Crippen LogP contribution in [0.1, 0.15) is 13.8 Å². The van der Waals surface area contributed by atoms with Crippen molar-refractivity contribution in [1.82, 2.24) is 4.98 Å². The molecule has 0 saturated carbocycles. The first kappa shape index (κ1) is 8.80. The molecule has 0 aliphatic carbocycles. The van der Waals surface area contributed by atoms with Crippen LogP contribution in [0.5, 0.6) is 0 Å². The van der Waals surface area contributed by atoms with Gasteiger partial charge in [-0.15, -0.1) is 0 Å². The standard InChI is InChI=1S/C8H14N4/c1-6(2)12(10)7-4-3-5-11-8(7)9/h3-6H,10H2,1-2H3,(H2,9,11). The lowest BCUT2D eigenvalue weighted by Crippen LogP contribution is -2.38. The first-order chi connectivity index (χ1) is 5.63. The normalized spacial score (nSPS) is 10.3. The van der Waals surface area contributed by atoms with Gasteiger partial charge in [0.1, 0.15) is 5.82 Å². The molecule has 0 unspecified atom stereocenters. The Morgan fingerprint density at radius 2 is 2.17 bits per heavy atom. The molecular formula is C8H14N4. The summed E-state index contributed by atoms with van der Waals surface area (Å²) in [6.07, 6.45) is 1.65. The number of pyridine rings is 1. The smallest absolute Gasteiger partial charge is 0.148 e. The van der Waals surface area contributed by atoms with Crippen molar-refractivity contribution in [3.05, 3.63) is 18.3 Å². The molecule has 0 saturated heterocycles. The summed E-state index contributed by atoms with van der Waals surface area (Å²) >= 11 is 0. The second-order valence-corrected chi connectivity index (χ2v) is 2.91. The zero-order chi connectivity index (χ0) is 9.14. The van der Waals surface area contributed by atoms with Gasteiger partial charge in [0.25, 0.3) is 0 Å². The third-order valence-corrected chi connectivity index (χ3v) is 1.65. The Kier molecular flexibility index (Phi) is 2.50. The van der Waals surface area contributed by atoms with Crippen LogP contribution < -0.4 is 16.6 Å². The molecule has 4 nitrogen and oxygen atoms in total. The van der Waals surface area contributed by atoms with Crippen molar-refractivity contribution in [3.8, 4) is 0 Å². The van der Waals surface area contributed by atoms with Crippen molar-refractivity contribution >= 4 is 11.5 Å². The Morgan fingerprint density at radius 3 is 2.67 bits per heavy atom. The fraction of sp³-hybridized carbons (Fsp3) is 0.375. The van der Waals surface area contributed by atoms with Crippen molar-refractivity contribution in [1.29, 1.82) is 0 Å². The molecule has 1 aromatic heterocycles. The van der Waals surface area contributed by atoms with Crippen LogP contribution in [0.3, 0.4) is 0 Å². The van der Waals surface area contributed by atoms with Gasteiger partial charge in [0.05, 0.1) is 5.69 Å². The summed E-state index contributed by atoms with van der Waals surface area (Å²) in [6, 6.07) is 3.88. The monoisotopic (exact) mass is 166 g/mol. The zero-order valence-corrected chi connectivity index (χ0v) is 7.36. The van der Waals surface area contributed by atoms with Crippen LogP contribution in [-0.4, -0.2) is 11.0 Å². The number of hydrogen-bond donors (Lipinski definition) is 2. The van der Waals surface area contributed by atoms with E-state index in [1.807, 2.05) is 26.0 Å². The highest BCUT2D eigenvalue weighted by Gasteiger charge is 2.08. The highest BCUT2D eigenvalue weighted by Crippen LogP contribution is 2.18.